The zero-order valence-corrected chi connectivity index (χ0v) is 15.1. The van der Waals surface area contributed by atoms with Crippen molar-refractivity contribution in [3.63, 3.8) is 0 Å². The van der Waals surface area contributed by atoms with E-state index >= 15 is 0 Å². The molecule has 0 spiro atoms. The Labute approximate surface area is 166 Å². The fraction of sp³-hybridized carbons (Fsp3) is 0.375. The van der Waals surface area contributed by atoms with Gasteiger partial charge in [-0.25, -0.2) is 0 Å². The molecule has 1 fully saturated rings. The topological polar surface area (TPSA) is 140 Å². The number of nitrogens with two attached hydrogens (primary N) is 1. The molecule has 30 heavy (non-hydrogen) atoms. The van der Waals surface area contributed by atoms with Crippen molar-refractivity contribution in [3.8, 4) is 5.75 Å². The van der Waals surface area contributed by atoms with E-state index in [-0.39, 0.29) is 31.1 Å². The van der Waals surface area contributed by atoms with Crippen LogP contribution in [0.25, 0.3) is 0 Å². The van der Waals surface area contributed by atoms with E-state index in [9.17, 15) is 36.7 Å². The summed E-state index contributed by atoms with van der Waals surface area (Å²) in [5.74, 6) is -5.63. The summed E-state index contributed by atoms with van der Waals surface area (Å²) in [7, 11) is 0. The van der Waals surface area contributed by atoms with E-state index in [1.807, 2.05) is 0 Å². The number of nitrogens with zero attached hydrogens (tertiary/aromatic N) is 1. The smallest absolute Gasteiger partial charge is 0.387 e. The van der Waals surface area contributed by atoms with Gasteiger partial charge in [0.1, 0.15) is 6.61 Å². The Hall–Kier alpha value is -3.42. The standard InChI is InChI=1S/C16H16F4N4O6/c17-12(18)15(28)23-11(13(21)26)14(27)22-7-1-2-8(9(5-7)30-16(19)20)24-3-4-29-6-10(24)25/h1-2,5,11-12,16H,3-4,6H2,(H2,21,26)(H,22,27)(H,23,28)/t11-/m1/s1. The van der Waals surface area contributed by atoms with Crippen molar-refractivity contribution in [2.75, 3.05) is 30.0 Å². The second-order valence-electron chi connectivity index (χ2n) is 5.79. The van der Waals surface area contributed by atoms with Crippen LogP contribution in [0.5, 0.6) is 5.75 Å². The zero-order valence-electron chi connectivity index (χ0n) is 15.1. The number of alkyl halides is 4. The first kappa shape index (κ1) is 22.9. The number of anilines is 2. The Morgan fingerprint density at radius 2 is 1.87 bits per heavy atom. The van der Waals surface area contributed by atoms with Crippen molar-refractivity contribution < 1.29 is 46.2 Å². The number of carbonyl (C=O) groups excluding carboxylic acids is 4. The summed E-state index contributed by atoms with van der Waals surface area (Å²) < 4.78 is 59.6. The monoisotopic (exact) mass is 436 g/mol. The van der Waals surface area contributed by atoms with Crippen molar-refractivity contribution in [1.82, 2.24) is 5.32 Å². The average Bonchev–Trinajstić information content (AvgIpc) is 2.66. The van der Waals surface area contributed by atoms with E-state index in [0.717, 1.165) is 11.0 Å². The van der Waals surface area contributed by atoms with E-state index in [2.05, 4.69) is 10.1 Å². The molecule has 0 saturated carbocycles. The molecular formula is C16H16F4N4O6. The molecule has 0 radical (unpaired) electrons. The van der Waals surface area contributed by atoms with Gasteiger partial charge in [-0.1, -0.05) is 0 Å². The first-order valence-electron chi connectivity index (χ1n) is 8.25. The third-order valence-electron chi connectivity index (χ3n) is 3.75. The predicted octanol–water partition coefficient (Wildman–Crippen LogP) is -0.175. The summed E-state index contributed by atoms with van der Waals surface area (Å²) in [5.41, 5.74) is 4.71. The summed E-state index contributed by atoms with van der Waals surface area (Å²) >= 11 is 0. The highest BCUT2D eigenvalue weighted by atomic mass is 19.3. The number of amides is 4. The molecule has 1 aliphatic heterocycles. The highest BCUT2D eigenvalue weighted by Gasteiger charge is 2.30. The van der Waals surface area contributed by atoms with Crippen molar-refractivity contribution in [2.24, 2.45) is 5.73 Å². The minimum atomic E-state index is -3.50. The second kappa shape index (κ2) is 9.87. The average molecular weight is 436 g/mol. The Morgan fingerprint density at radius 1 is 1.17 bits per heavy atom. The normalized spacial score (nSPS) is 15.1. The lowest BCUT2D eigenvalue weighted by molar-refractivity contribution is -0.138. The minimum Gasteiger partial charge on any atom is -0.433 e. The largest absolute Gasteiger partial charge is 0.433 e. The Bertz CT molecular complexity index is 838. The van der Waals surface area contributed by atoms with E-state index < -0.39 is 48.5 Å². The summed E-state index contributed by atoms with van der Waals surface area (Å²) in [6, 6.07) is 1.15. The molecule has 1 atom stereocenters. The molecule has 4 amide bonds. The number of rotatable bonds is 8. The first-order chi connectivity index (χ1) is 14.1. The molecule has 164 valence electrons. The number of nitrogens with one attached hydrogen (secondary N) is 2. The first-order valence-corrected chi connectivity index (χ1v) is 8.25. The van der Waals surface area contributed by atoms with Crippen LogP contribution in [0.4, 0.5) is 28.9 Å². The van der Waals surface area contributed by atoms with Gasteiger partial charge in [-0.05, 0) is 12.1 Å². The number of halogens is 4. The number of morpholine rings is 1. The van der Waals surface area contributed by atoms with E-state index in [1.165, 1.54) is 17.4 Å². The van der Waals surface area contributed by atoms with Gasteiger partial charge in [0.25, 0.3) is 17.7 Å². The molecule has 1 saturated heterocycles. The molecule has 1 aromatic rings. The highest BCUT2D eigenvalue weighted by Crippen LogP contribution is 2.33. The van der Waals surface area contributed by atoms with Crippen LogP contribution in [-0.2, 0) is 23.9 Å². The molecule has 0 unspecified atom stereocenters. The van der Waals surface area contributed by atoms with Gasteiger partial charge in [0.2, 0.25) is 5.91 Å². The lowest BCUT2D eigenvalue weighted by Gasteiger charge is -2.28. The maximum absolute atomic E-state index is 12.8. The maximum Gasteiger partial charge on any atom is 0.387 e. The molecule has 2 rings (SSSR count). The highest BCUT2D eigenvalue weighted by molar-refractivity contribution is 6.11. The quantitative estimate of drug-likeness (QED) is 0.382. The van der Waals surface area contributed by atoms with Gasteiger partial charge in [-0.15, -0.1) is 0 Å². The van der Waals surface area contributed by atoms with Crippen molar-refractivity contribution >= 4 is 35.0 Å². The molecule has 14 heteroatoms. The fourth-order valence-electron chi connectivity index (χ4n) is 2.46. The lowest BCUT2D eigenvalue weighted by atomic mass is 10.2. The van der Waals surface area contributed by atoms with Crippen LogP contribution < -0.4 is 26.0 Å². The molecule has 10 nitrogen and oxygen atoms in total. The molecule has 1 heterocycles. The van der Waals surface area contributed by atoms with Crippen LogP contribution in [0.15, 0.2) is 18.2 Å². The van der Waals surface area contributed by atoms with Gasteiger partial charge < -0.3 is 30.7 Å². The molecule has 0 aliphatic carbocycles. The zero-order chi connectivity index (χ0) is 22.4. The summed E-state index contributed by atoms with van der Waals surface area (Å²) in [6.07, 6.45) is -3.50. The summed E-state index contributed by atoms with van der Waals surface area (Å²) in [6.45, 7) is -3.32. The summed E-state index contributed by atoms with van der Waals surface area (Å²) in [5, 5.41) is 3.53. The predicted molar refractivity (Wildman–Crippen MR) is 92.0 cm³/mol. The molecule has 0 aromatic heterocycles. The van der Waals surface area contributed by atoms with Crippen LogP contribution in [0.1, 0.15) is 0 Å². The third kappa shape index (κ3) is 5.79. The van der Waals surface area contributed by atoms with Gasteiger partial charge in [-0.3, -0.25) is 19.2 Å². The van der Waals surface area contributed by atoms with Crippen LogP contribution in [0.3, 0.4) is 0 Å². The molecule has 1 aliphatic rings. The Kier molecular flexibility index (Phi) is 7.52. The van der Waals surface area contributed by atoms with E-state index in [1.54, 1.807) is 0 Å². The van der Waals surface area contributed by atoms with Gasteiger partial charge in [-0.2, -0.15) is 17.6 Å². The number of carbonyl (C=O) groups is 4. The number of hydrogen-bond donors (Lipinski definition) is 3. The van der Waals surface area contributed by atoms with Gasteiger partial charge in [0.05, 0.1) is 12.3 Å². The molecular weight excluding hydrogens is 420 g/mol. The van der Waals surface area contributed by atoms with Crippen LogP contribution in [-0.4, -0.2) is 62.5 Å². The lowest BCUT2D eigenvalue weighted by Crippen LogP contribution is -2.53. The van der Waals surface area contributed by atoms with E-state index in [0.29, 0.717) is 0 Å². The number of primary amides is 1. The number of ether oxygens (including phenoxy) is 2. The SMILES string of the molecule is NC(=O)[C@@H](NC(=O)C(F)F)C(=O)Nc1ccc(N2CCOCC2=O)c(OC(F)F)c1. The van der Waals surface area contributed by atoms with Crippen molar-refractivity contribution in [2.45, 2.75) is 19.1 Å². The van der Waals surface area contributed by atoms with Crippen LogP contribution in [0, 0.1) is 0 Å². The number of hydrogen-bond acceptors (Lipinski definition) is 6. The van der Waals surface area contributed by atoms with Crippen molar-refractivity contribution in [3.05, 3.63) is 18.2 Å². The van der Waals surface area contributed by atoms with Crippen LogP contribution >= 0.6 is 0 Å². The van der Waals surface area contributed by atoms with Gasteiger partial charge in [0.15, 0.2) is 11.8 Å². The number of benzene rings is 1. The third-order valence-corrected chi connectivity index (χ3v) is 3.75. The maximum atomic E-state index is 12.8. The molecule has 1 aromatic carbocycles. The molecule has 4 N–H and O–H groups in total. The second-order valence-corrected chi connectivity index (χ2v) is 5.79. The molecule has 0 bridgehead atoms. The van der Waals surface area contributed by atoms with E-state index in [4.69, 9.17) is 10.5 Å². The van der Waals surface area contributed by atoms with Gasteiger partial charge >= 0.3 is 13.0 Å². The fourth-order valence-corrected chi connectivity index (χ4v) is 2.46. The Morgan fingerprint density at radius 3 is 2.43 bits per heavy atom. The van der Waals surface area contributed by atoms with Crippen molar-refractivity contribution in [1.29, 1.82) is 0 Å². The van der Waals surface area contributed by atoms with Gasteiger partial charge in [0, 0.05) is 18.3 Å². The minimum absolute atomic E-state index is 0.0287. The summed E-state index contributed by atoms with van der Waals surface area (Å²) in [4.78, 5) is 47.6. The Balaban J connectivity index is 2.26. The van der Waals surface area contributed by atoms with Crippen LogP contribution in [0.2, 0.25) is 0 Å².